The molecule has 0 bridgehead atoms. The number of nitrogens with zero attached hydrogens (tertiary/aromatic N) is 1. The number of halogens is 1. The van der Waals surface area contributed by atoms with Crippen LogP contribution < -0.4 is 5.73 Å². The third kappa shape index (κ3) is 3.67. The van der Waals surface area contributed by atoms with Gasteiger partial charge in [-0.05, 0) is 25.0 Å². The number of piperidine rings is 1. The summed E-state index contributed by atoms with van der Waals surface area (Å²) < 4.78 is 32.1. The van der Waals surface area contributed by atoms with E-state index in [1.807, 2.05) is 0 Å². The molecule has 0 atom stereocenters. The average Bonchev–Trinajstić information content (AvgIpc) is 2.45. The predicted molar refractivity (Wildman–Crippen MR) is 80.7 cm³/mol. The normalized spacial score (nSPS) is 18.0. The summed E-state index contributed by atoms with van der Waals surface area (Å²) >= 11 is 5.99. The lowest BCUT2D eigenvalue weighted by atomic mass is 10.1. The summed E-state index contributed by atoms with van der Waals surface area (Å²) in [6.07, 6.45) is 1.15. The van der Waals surface area contributed by atoms with Gasteiger partial charge in [0.2, 0.25) is 10.0 Å². The molecule has 0 unspecified atom stereocenters. The van der Waals surface area contributed by atoms with Crippen LogP contribution in [0, 0.1) is 0 Å². The Labute approximate surface area is 129 Å². The van der Waals surface area contributed by atoms with Gasteiger partial charge in [0.1, 0.15) is 4.90 Å². The average molecular weight is 335 g/mol. The summed E-state index contributed by atoms with van der Waals surface area (Å²) in [5.41, 5.74) is 5.92. The van der Waals surface area contributed by atoms with E-state index in [4.69, 9.17) is 27.2 Å². The summed E-state index contributed by atoms with van der Waals surface area (Å²) in [5, 5.41) is 8.86. The standard InChI is InChI=1S/C13H19ClN2O4S/c14-11-2-1-3-12(15)13(11)21(18,19)16-6-4-10(5-7-16)20-9-8-17/h1-3,10,17H,4-9,15H2. The van der Waals surface area contributed by atoms with Crippen LogP contribution in [0.25, 0.3) is 0 Å². The Balaban J connectivity index is 2.12. The van der Waals surface area contributed by atoms with Gasteiger partial charge >= 0.3 is 0 Å². The summed E-state index contributed by atoms with van der Waals surface area (Å²) in [5.74, 6) is 0. The molecule has 3 N–H and O–H groups in total. The van der Waals surface area contributed by atoms with Crippen LogP contribution in [-0.2, 0) is 14.8 Å². The van der Waals surface area contributed by atoms with Crippen molar-refractivity contribution in [3.63, 3.8) is 0 Å². The minimum atomic E-state index is -3.70. The summed E-state index contributed by atoms with van der Waals surface area (Å²) in [7, 11) is -3.70. The van der Waals surface area contributed by atoms with Gasteiger partial charge in [-0.1, -0.05) is 17.7 Å². The van der Waals surface area contributed by atoms with Crippen LogP contribution in [0.2, 0.25) is 5.02 Å². The van der Waals surface area contributed by atoms with Crippen molar-refractivity contribution in [1.82, 2.24) is 4.31 Å². The number of nitrogens with two attached hydrogens (primary N) is 1. The molecule has 1 aromatic rings. The van der Waals surface area contributed by atoms with Crippen LogP contribution in [0.3, 0.4) is 0 Å². The number of aliphatic hydroxyl groups excluding tert-OH is 1. The van der Waals surface area contributed by atoms with Gasteiger partial charge < -0.3 is 15.6 Å². The molecule has 6 nitrogen and oxygen atoms in total. The van der Waals surface area contributed by atoms with Crippen molar-refractivity contribution in [1.29, 1.82) is 0 Å². The minimum absolute atomic E-state index is 0.0211. The first-order valence-corrected chi connectivity index (χ1v) is 8.55. The van der Waals surface area contributed by atoms with Gasteiger partial charge in [-0.15, -0.1) is 0 Å². The van der Waals surface area contributed by atoms with E-state index in [0.29, 0.717) is 25.9 Å². The monoisotopic (exact) mass is 334 g/mol. The second-order valence-corrected chi connectivity index (χ2v) is 7.14. The molecule has 8 heteroatoms. The number of hydrogen-bond acceptors (Lipinski definition) is 5. The van der Waals surface area contributed by atoms with E-state index in [1.165, 1.54) is 16.4 Å². The number of ether oxygens (including phenoxy) is 1. The van der Waals surface area contributed by atoms with Crippen LogP contribution in [0.1, 0.15) is 12.8 Å². The lowest BCUT2D eigenvalue weighted by molar-refractivity contribution is 0.00319. The highest BCUT2D eigenvalue weighted by Gasteiger charge is 2.32. The molecular formula is C13H19ClN2O4S. The molecule has 1 aliphatic rings. The topological polar surface area (TPSA) is 92.9 Å². The fourth-order valence-electron chi connectivity index (χ4n) is 2.39. The zero-order chi connectivity index (χ0) is 15.5. The highest BCUT2D eigenvalue weighted by molar-refractivity contribution is 7.89. The molecule has 2 rings (SSSR count). The summed E-state index contributed by atoms with van der Waals surface area (Å²) in [6.45, 7) is 0.940. The van der Waals surface area contributed by atoms with Crippen LogP contribution in [0.4, 0.5) is 5.69 Å². The van der Waals surface area contributed by atoms with E-state index < -0.39 is 10.0 Å². The van der Waals surface area contributed by atoms with Crippen molar-refractivity contribution in [3.05, 3.63) is 23.2 Å². The molecule has 0 spiro atoms. The van der Waals surface area contributed by atoms with E-state index in [0.717, 1.165) is 0 Å². The molecule has 118 valence electrons. The van der Waals surface area contributed by atoms with Gasteiger partial charge in [-0.25, -0.2) is 8.42 Å². The molecule has 1 aromatic carbocycles. The molecule has 0 radical (unpaired) electrons. The second-order valence-electron chi connectivity index (χ2n) is 4.86. The molecule has 0 saturated carbocycles. The molecule has 0 aromatic heterocycles. The Bertz CT molecular complexity index is 566. The Morgan fingerprint density at radius 1 is 1.38 bits per heavy atom. The molecule has 0 aliphatic carbocycles. The first-order valence-electron chi connectivity index (χ1n) is 6.73. The van der Waals surface area contributed by atoms with Crippen LogP contribution >= 0.6 is 11.6 Å². The maximum absolute atomic E-state index is 12.6. The Kier molecular flexibility index (Phi) is 5.45. The number of nitrogen functional groups attached to an aromatic ring is 1. The number of benzene rings is 1. The molecule has 21 heavy (non-hydrogen) atoms. The number of rotatable bonds is 5. The molecule has 1 fully saturated rings. The molecular weight excluding hydrogens is 316 g/mol. The van der Waals surface area contributed by atoms with Gasteiger partial charge in [0.05, 0.1) is 30.0 Å². The SMILES string of the molecule is Nc1cccc(Cl)c1S(=O)(=O)N1CCC(OCCO)CC1. The Morgan fingerprint density at radius 2 is 2.05 bits per heavy atom. The predicted octanol–water partition coefficient (Wildman–Crippen LogP) is 1.08. The van der Waals surface area contributed by atoms with Gasteiger partial charge in [-0.3, -0.25) is 0 Å². The zero-order valence-electron chi connectivity index (χ0n) is 11.5. The van der Waals surface area contributed by atoms with Gasteiger partial charge in [0.25, 0.3) is 0 Å². The quantitative estimate of drug-likeness (QED) is 0.786. The van der Waals surface area contributed by atoms with Crippen molar-refractivity contribution in [3.8, 4) is 0 Å². The zero-order valence-corrected chi connectivity index (χ0v) is 13.1. The number of anilines is 1. The molecule has 1 saturated heterocycles. The third-order valence-corrected chi connectivity index (χ3v) is 5.88. The number of hydrogen-bond donors (Lipinski definition) is 2. The van der Waals surface area contributed by atoms with Crippen LogP contribution in [0.5, 0.6) is 0 Å². The largest absolute Gasteiger partial charge is 0.398 e. The maximum atomic E-state index is 12.6. The fraction of sp³-hybridized carbons (Fsp3) is 0.538. The van der Waals surface area contributed by atoms with Gasteiger partial charge in [0, 0.05) is 13.1 Å². The smallest absolute Gasteiger partial charge is 0.246 e. The minimum Gasteiger partial charge on any atom is -0.398 e. The summed E-state index contributed by atoms with van der Waals surface area (Å²) in [4.78, 5) is -0.0265. The van der Waals surface area contributed by atoms with Crippen LogP contribution in [-0.4, -0.2) is 50.2 Å². The lowest BCUT2D eigenvalue weighted by Gasteiger charge is -2.31. The maximum Gasteiger partial charge on any atom is 0.246 e. The second kappa shape index (κ2) is 6.93. The molecule has 1 heterocycles. The van der Waals surface area contributed by atoms with Crippen molar-refractivity contribution in [2.75, 3.05) is 32.0 Å². The van der Waals surface area contributed by atoms with E-state index in [1.54, 1.807) is 6.07 Å². The van der Waals surface area contributed by atoms with Crippen molar-refractivity contribution in [2.24, 2.45) is 0 Å². The Hall–Kier alpha value is -0.860. The van der Waals surface area contributed by atoms with E-state index in [2.05, 4.69) is 0 Å². The van der Waals surface area contributed by atoms with Crippen LogP contribution in [0.15, 0.2) is 23.1 Å². The van der Waals surface area contributed by atoms with E-state index >= 15 is 0 Å². The van der Waals surface area contributed by atoms with Crippen molar-refractivity contribution >= 4 is 27.3 Å². The first-order chi connectivity index (χ1) is 9.96. The summed E-state index contributed by atoms with van der Waals surface area (Å²) in [6, 6.07) is 4.66. The van der Waals surface area contributed by atoms with E-state index in [-0.39, 0.29) is 34.9 Å². The highest BCUT2D eigenvalue weighted by atomic mass is 35.5. The molecule has 1 aliphatic heterocycles. The lowest BCUT2D eigenvalue weighted by Crippen LogP contribution is -2.41. The number of aliphatic hydroxyl groups is 1. The number of sulfonamides is 1. The first kappa shape index (κ1) is 16.5. The van der Waals surface area contributed by atoms with Crippen molar-refractivity contribution < 1.29 is 18.3 Å². The van der Waals surface area contributed by atoms with Gasteiger partial charge in [0.15, 0.2) is 0 Å². The van der Waals surface area contributed by atoms with E-state index in [9.17, 15) is 8.42 Å². The molecule has 0 amide bonds. The Morgan fingerprint density at radius 3 is 2.62 bits per heavy atom. The van der Waals surface area contributed by atoms with Gasteiger partial charge in [-0.2, -0.15) is 4.31 Å². The highest BCUT2D eigenvalue weighted by Crippen LogP contribution is 2.31. The third-order valence-electron chi connectivity index (χ3n) is 3.44. The van der Waals surface area contributed by atoms with Crippen molar-refractivity contribution in [2.45, 2.75) is 23.8 Å². The fourth-order valence-corrected chi connectivity index (χ4v) is 4.49.